The van der Waals surface area contributed by atoms with Crippen LogP contribution in [0.25, 0.3) is 0 Å². The molecule has 4 nitrogen and oxygen atoms in total. The van der Waals surface area contributed by atoms with Gasteiger partial charge in [-0.25, -0.2) is 0 Å². The lowest BCUT2D eigenvalue weighted by molar-refractivity contribution is 0.124. The molecule has 1 unspecified atom stereocenters. The van der Waals surface area contributed by atoms with Crippen LogP contribution in [0.5, 0.6) is 0 Å². The van der Waals surface area contributed by atoms with E-state index in [1.54, 1.807) is 0 Å². The molecule has 0 radical (unpaired) electrons. The molecule has 1 atom stereocenters. The number of carbonyl (C=O) groups excluding carboxylic acids is 1. The van der Waals surface area contributed by atoms with E-state index in [4.69, 9.17) is 9.84 Å². The van der Waals surface area contributed by atoms with Crippen molar-refractivity contribution in [1.29, 1.82) is 0 Å². The lowest BCUT2D eigenvalue weighted by Gasteiger charge is -2.03. The zero-order valence-electron chi connectivity index (χ0n) is 14.2. The Morgan fingerprint density at radius 2 is 1.70 bits per heavy atom. The zero-order chi connectivity index (χ0) is 16.4. The van der Waals surface area contributed by atoms with Crippen molar-refractivity contribution in [3.8, 4) is 0 Å². The second kappa shape index (κ2) is 21.1. The van der Waals surface area contributed by atoms with E-state index in [2.05, 4.69) is 46.9 Å². The van der Waals surface area contributed by atoms with Crippen LogP contribution in [0.4, 0.5) is 4.79 Å². The summed E-state index contributed by atoms with van der Waals surface area (Å²) in [6.45, 7) is 15.3. The molecular formula is C15H36NO3P. The van der Waals surface area contributed by atoms with Gasteiger partial charge in [-0.05, 0) is 33.9 Å². The Bertz CT molecular complexity index is 185. The van der Waals surface area contributed by atoms with Crippen molar-refractivity contribution in [2.24, 2.45) is 11.8 Å². The quantitative estimate of drug-likeness (QED) is 0.557. The van der Waals surface area contributed by atoms with Crippen LogP contribution < -0.4 is 5.32 Å². The molecule has 0 aromatic carbocycles. The fraction of sp³-hybridized carbons (Fsp3) is 0.933. The smallest absolute Gasteiger partial charge is 0.234 e. The van der Waals surface area contributed by atoms with Gasteiger partial charge in [-0.2, -0.15) is 0 Å². The number of hydrogen-bond acceptors (Lipinski definition) is 3. The Hall–Kier alpha value is -0.180. The molecule has 0 aromatic heterocycles. The predicted molar refractivity (Wildman–Crippen MR) is 91.3 cm³/mol. The SMILES string of the molecule is CC(C)C.CCCOCCC(C)C.O=C(P)NCCO. The second-order valence-corrected chi connectivity index (χ2v) is 6.07. The Morgan fingerprint density at radius 3 is 1.95 bits per heavy atom. The van der Waals surface area contributed by atoms with Gasteiger partial charge in [0.2, 0.25) is 5.65 Å². The summed E-state index contributed by atoms with van der Waals surface area (Å²) in [6.07, 6.45) is 2.33. The average Bonchev–Trinajstić information content (AvgIpc) is 2.32. The van der Waals surface area contributed by atoms with Gasteiger partial charge in [-0.1, -0.05) is 41.5 Å². The first kappa shape index (κ1) is 24.8. The van der Waals surface area contributed by atoms with Crippen LogP contribution in [-0.2, 0) is 4.74 Å². The van der Waals surface area contributed by atoms with E-state index in [1.807, 2.05) is 9.24 Å². The molecule has 20 heavy (non-hydrogen) atoms. The van der Waals surface area contributed by atoms with Crippen LogP contribution in [0.15, 0.2) is 0 Å². The Morgan fingerprint density at radius 1 is 1.20 bits per heavy atom. The summed E-state index contributed by atoms with van der Waals surface area (Å²) in [7, 11) is 1.95. The van der Waals surface area contributed by atoms with E-state index < -0.39 is 0 Å². The number of ether oxygens (including phenoxy) is 1. The summed E-state index contributed by atoms with van der Waals surface area (Å²) in [4.78, 5) is 9.94. The summed E-state index contributed by atoms with van der Waals surface area (Å²) in [6, 6.07) is 0. The number of hydrogen-bond donors (Lipinski definition) is 2. The summed E-state index contributed by atoms with van der Waals surface area (Å²) in [5.41, 5.74) is -0.186. The van der Waals surface area contributed by atoms with Crippen LogP contribution in [0.2, 0.25) is 0 Å². The van der Waals surface area contributed by atoms with Gasteiger partial charge in [0.15, 0.2) is 0 Å². The standard InChI is InChI=1S/C8H18O.C4H10.C3H8NO2P/c1-4-6-9-7-5-8(2)3;1-4(2)3;5-2-1-4-3(6)7/h8H,4-7H2,1-3H3;4H,1-3H3;5H,1-2,7H2,(H,4,6). The number of carbonyl (C=O) groups is 1. The van der Waals surface area contributed by atoms with Crippen LogP contribution in [-0.4, -0.2) is 37.1 Å². The lowest BCUT2D eigenvalue weighted by Crippen LogP contribution is -2.19. The monoisotopic (exact) mass is 309 g/mol. The minimum atomic E-state index is -0.186. The minimum Gasteiger partial charge on any atom is -0.395 e. The highest BCUT2D eigenvalue weighted by atomic mass is 31.0. The maximum atomic E-state index is 9.94. The van der Waals surface area contributed by atoms with E-state index in [-0.39, 0.29) is 12.3 Å². The third kappa shape index (κ3) is 52.3. The van der Waals surface area contributed by atoms with Crippen molar-refractivity contribution in [3.05, 3.63) is 0 Å². The van der Waals surface area contributed by atoms with Crippen molar-refractivity contribution in [1.82, 2.24) is 5.32 Å². The van der Waals surface area contributed by atoms with E-state index in [1.165, 1.54) is 6.42 Å². The highest BCUT2D eigenvalue weighted by Gasteiger charge is 1.91. The van der Waals surface area contributed by atoms with Gasteiger partial charge >= 0.3 is 0 Å². The number of aliphatic hydroxyl groups excluding tert-OH is 1. The molecular weight excluding hydrogens is 273 g/mol. The van der Waals surface area contributed by atoms with E-state index in [0.717, 1.165) is 31.5 Å². The van der Waals surface area contributed by atoms with Crippen LogP contribution >= 0.6 is 9.24 Å². The van der Waals surface area contributed by atoms with Crippen molar-refractivity contribution in [2.75, 3.05) is 26.4 Å². The molecule has 124 valence electrons. The topological polar surface area (TPSA) is 58.6 Å². The predicted octanol–water partition coefficient (Wildman–Crippen LogP) is 3.68. The van der Waals surface area contributed by atoms with E-state index in [9.17, 15) is 4.79 Å². The summed E-state index contributed by atoms with van der Waals surface area (Å²) >= 11 is 0. The number of rotatable bonds is 7. The number of nitrogens with one attached hydrogen (secondary N) is 1. The Kier molecular flexibility index (Phi) is 26.2. The largest absolute Gasteiger partial charge is 0.395 e. The fourth-order valence-corrected chi connectivity index (χ4v) is 0.889. The second-order valence-electron chi connectivity index (χ2n) is 5.54. The Balaban J connectivity index is -0.000000234. The van der Waals surface area contributed by atoms with Crippen molar-refractivity contribution >= 4 is 14.9 Å². The molecule has 0 aliphatic heterocycles. The molecule has 0 saturated heterocycles. The summed E-state index contributed by atoms with van der Waals surface area (Å²) in [5.74, 6) is 1.61. The lowest BCUT2D eigenvalue weighted by atomic mass is 10.1. The molecule has 0 saturated carbocycles. The molecule has 0 aliphatic carbocycles. The molecule has 0 spiro atoms. The maximum absolute atomic E-state index is 9.94. The summed E-state index contributed by atoms with van der Waals surface area (Å²) in [5, 5.41) is 10.5. The Labute approximate surface area is 128 Å². The first-order valence-corrected chi connectivity index (χ1v) is 8.07. The third-order valence-electron chi connectivity index (χ3n) is 1.60. The van der Waals surface area contributed by atoms with Gasteiger partial charge in [0.05, 0.1) is 6.61 Å². The third-order valence-corrected chi connectivity index (χ3v) is 1.80. The number of aliphatic hydroxyl groups is 1. The van der Waals surface area contributed by atoms with Gasteiger partial charge in [0, 0.05) is 19.8 Å². The van der Waals surface area contributed by atoms with Crippen molar-refractivity contribution in [3.63, 3.8) is 0 Å². The summed E-state index contributed by atoms with van der Waals surface area (Å²) < 4.78 is 5.29. The minimum absolute atomic E-state index is 0.000139. The molecule has 1 amide bonds. The van der Waals surface area contributed by atoms with E-state index in [0.29, 0.717) is 6.54 Å². The first-order valence-electron chi connectivity index (χ1n) is 7.49. The first-order chi connectivity index (χ1) is 9.27. The molecule has 0 fully saturated rings. The van der Waals surface area contributed by atoms with Gasteiger partial charge < -0.3 is 15.2 Å². The fourth-order valence-electron chi connectivity index (χ4n) is 0.745. The van der Waals surface area contributed by atoms with Crippen LogP contribution in [0.3, 0.4) is 0 Å². The van der Waals surface area contributed by atoms with Gasteiger partial charge in [-0.3, -0.25) is 4.79 Å². The highest BCUT2D eigenvalue weighted by Crippen LogP contribution is 1.98. The molecule has 0 heterocycles. The molecule has 0 rings (SSSR count). The van der Waals surface area contributed by atoms with Gasteiger partial charge in [-0.15, -0.1) is 0 Å². The molecule has 2 N–H and O–H groups in total. The highest BCUT2D eigenvalue weighted by molar-refractivity contribution is 7.39. The average molecular weight is 309 g/mol. The molecule has 0 aliphatic rings. The number of amides is 1. The van der Waals surface area contributed by atoms with Crippen molar-refractivity contribution < 1.29 is 14.6 Å². The van der Waals surface area contributed by atoms with E-state index >= 15 is 0 Å². The zero-order valence-corrected chi connectivity index (χ0v) is 15.4. The van der Waals surface area contributed by atoms with Crippen LogP contribution in [0, 0.1) is 11.8 Å². The van der Waals surface area contributed by atoms with Crippen LogP contribution in [0.1, 0.15) is 54.4 Å². The van der Waals surface area contributed by atoms with Gasteiger partial charge in [0.1, 0.15) is 0 Å². The van der Waals surface area contributed by atoms with Crippen molar-refractivity contribution in [2.45, 2.75) is 54.4 Å². The molecule has 0 aromatic rings. The maximum Gasteiger partial charge on any atom is 0.234 e. The normalized spacial score (nSPS) is 9.50. The molecule has 5 heteroatoms. The van der Waals surface area contributed by atoms with Gasteiger partial charge in [0.25, 0.3) is 0 Å². The molecule has 0 bridgehead atoms.